The van der Waals surface area contributed by atoms with Crippen molar-refractivity contribution in [2.24, 2.45) is 0 Å². The molecule has 16 heavy (non-hydrogen) atoms. The number of hydrogen-bond acceptors (Lipinski definition) is 3. The standard InChI is InChI=1S/C13H18N2O/c1-2-4-11(5-3-1)15-12-8-13(16-9-12)6-7-14-10-13/h1-5,12,14-15H,6-10H2/t12-,13-/m1/s1. The minimum Gasteiger partial charge on any atom is -0.380 e. The highest BCUT2D eigenvalue weighted by Crippen LogP contribution is 2.32. The number of hydrogen-bond donors (Lipinski definition) is 2. The van der Waals surface area contributed by atoms with Crippen LogP contribution in [-0.4, -0.2) is 31.3 Å². The Morgan fingerprint density at radius 1 is 1.31 bits per heavy atom. The van der Waals surface area contributed by atoms with Crippen LogP contribution in [0.5, 0.6) is 0 Å². The van der Waals surface area contributed by atoms with E-state index in [4.69, 9.17) is 4.74 Å². The Labute approximate surface area is 96.2 Å². The molecular weight excluding hydrogens is 200 g/mol. The summed E-state index contributed by atoms with van der Waals surface area (Å²) in [5.41, 5.74) is 1.31. The van der Waals surface area contributed by atoms with Gasteiger partial charge in [-0.1, -0.05) is 18.2 Å². The molecule has 0 amide bonds. The monoisotopic (exact) mass is 218 g/mol. The first-order valence-corrected chi connectivity index (χ1v) is 6.03. The van der Waals surface area contributed by atoms with Gasteiger partial charge in [-0.15, -0.1) is 0 Å². The van der Waals surface area contributed by atoms with E-state index in [1.165, 1.54) is 5.69 Å². The van der Waals surface area contributed by atoms with Crippen molar-refractivity contribution in [1.29, 1.82) is 0 Å². The van der Waals surface area contributed by atoms with Crippen LogP contribution in [0.3, 0.4) is 0 Å². The van der Waals surface area contributed by atoms with Gasteiger partial charge in [-0.3, -0.25) is 0 Å². The summed E-state index contributed by atoms with van der Waals surface area (Å²) in [7, 11) is 0. The smallest absolute Gasteiger partial charge is 0.0839 e. The SMILES string of the molecule is c1ccc(N[C@H]2CO[C@]3(CCNC3)C2)cc1. The summed E-state index contributed by atoms with van der Waals surface area (Å²) < 4.78 is 5.96. The minimum absolute atomic E-state index is 0.118. The van der Waals surface area contributed by atoms with Gasteiger partial charge in [0.1, 0.15) is 0 Å². The summed E-state index contributed by atoms with van der Waals surface area (Å²) in [4.78, 5) is 0. The Morgan fingerprint density at radius 3 is 2.94 bits per heavy atom. The molecule has 2 heterocycles. The lowest BCUT2D eigenvalue weighted by Crippen LogP contribution is -2.31. The molecule has 1 aromatic rings. The van der Waals surface area contributed by atoms with Gasteiger partial charge in [0, 0.05) is 18.7 Å². The van der Waals surface area contributed by atoms with Gasteiger partial charge in [-0.05, 0) is 25.1 Å². The predicted octanol–water partition coefficient (Wildman–Crippen LogP) is 1.62. The number of nitrogens with one attached hydrogen (secondary N) is 2. The first-order valence-electron chi connectivity index (χ1n) is 6.03. The van der Waals surface area contributed by atoms with E-state index in [1.54, 1.807) is 0 Å². The van der Waals surface area contributed by atoms with Crippen LogP contribution in [-0.2, 0) is 4.74 Å². The number of rotatable bonds is 2. The van der Waals surface area contributed by atoms with Gasteiger partial charge in [0.15, 0.2) is 0 Å². The van der Waals surface area contributed by atoms with Crippen LogP contribution in [0.2, 0.25) is 0 Å². The molecule has 2 saturated heterocycles. The molecule has 2 fully saturated rings. The summed E-state index contributed by atoms with van der Waals surface area (Å²) in [6.07, 6.45) is 2.27. The van der Waals surface area contributed by atoms with Crippen LogP contribution >= 0.6 is 0 Å². The first kappa shape index (κ1) is 10.1. The van der Waals surface area contributed by atoms with Crippen molar-refractivity contribution in [3.63, 3.8) is 0 Å². The second-order valence-electron chi connectivity index (χ2n) is 4.83. The molecule has 2 N–H and O–H groups in total. The van der Waals surface area contributed by atoms with Gasteiger partial charge in [-0.2, -0.15) is 0 Å². The molecule has 0 aliphatic carbocycles. The van der Waals surface area contributed by atoms with Crippen molar-refractivity contribution in [3.05, 3.63) is 30.3 Å². The minimum atomic E-state index is 0.118. The predicted molar refractivity (Wildman–Crippen MR) is 64.6 cm³/mol. The Hall–Kier alpha value is -1.06. The Morgan fingerprint density at radius 2 is 2.19 bits per heavy atom. The molecular formula is C13H18N2O. The molecule has 2 atom stereocenters. The number of para-hydroxylation sites is 1. The summed E-state index contributed by atoms with van der Waals surface area (Å²) in [6, 6.07) is 10.8. The topological polar surface area (TPSA) is 33.3 Å². The van der Waals surface area contributed by atoms with Crippen molar-refractivity contribution in [3.8, 4) is 0 Å². The van der Waals surface area contributed by atoms with E-state index in [0.29, 0.717) is 6.04 Å². The van der Waals surface area contributed by atoms with Gasteiger partial charge < -0.3 is 15.4 Å². The van der Waals surface area contributed by atoms with Crippen LogP contribution in [0.25, 0.3) is 0 Å². The van der Waals surface area contributed by atoms with Crippen LogP contribution in [0.15, 0.2) is 30.3 Å². The van der Waals surface area contributed by atoms with E-state index < -0.39 is 0 Å². The molecule has 1 spiro atoms. The molecule has 0 saturated carbocycles. The maximum Gasteiger partial charge on any atom is 0.0839 e. The van der Waals surface area contributed by atoms with Crippen LogP contribution in [0.4, 0.5) is 5.69 Å². The summed E-state index contributed by atoms with van der Waals surface area (Å²) in [6.45, 7) is 2.94. The second kappa shape index (κ2) is 4.07. The average molecular weight is 218 g/mol. The fraction of sp³-hybridized carbons (Fsp3) is 0.538. The Balaban J connectivity index is 1.62. The zero-order valence-electron chi connectivity index (χ0n) is 9.41. The molecule has 1 aromatic carbocycles. The van der Waals surface area contributed by atoms with Gasteiger partial charge in [0.05, 0.1) is 18.2 Å². The zero-order valence-corrected chi connectivity index (χ0v) is 9.41. The first-order chi connectivity index (χ1) is 7.86. The normalized spacial score (nSPS) is 33.4. The highest BCUT2D eigenvalue weighted by atomic mass is 16.5. The van der Waals surface area contributed by atoms with E-state index >= 15 is 0 Å². The highest BCUT2D eigenvalue weighted by Gasteiger charge is 2.42. The fourth-order valence-corrected chi connectivity index (χ4v) is 2.73. The van der Waals surface area contributed by atoms with Gasteiger partial charge in [-0.25, -0.2) is 0 Å². The maximum absolute atomic E-state index is 5.96. The van der Waals surface area contributed by atoms with Crippen molar-refractivity contribution in [2.75, 3.05) is 25.0 Å². The molecule has 2 aliphatic heterocycles. The lowest BCUT2D eigenvalue weighted by molar-refractivity contribution is 0.0214. The quantitative estimate of drug-likeness (QED) is 0.791. The molecule has 3 heteroatoms. The molecule has 3 rings (SSSR count). The molecule has 0 bridgehead atoms. The van der Waals surface area contributed by atoms with E-state index in [2.05, 4.69) is 34.9 Å². The summed E-state index contributed by atoms with van der Waals surface area (Å²) in [5.74, 6) is 0. The van der Waals surface area contributed by atoms with Crippen LogP contribution in [0, 0.1) is 0 Å². The van der Waals surface area contributed by atoms with Crippen molar-refractivity contribution in [2.45, 2.75) is 24.5 Å². The van der Waals surface area contributed by atoms with Gasteiger partial charge >= 0.3 is 0 Å². The fourth-order valence-electron chi connectivity index (χ4n) is 2.73. The molecule has 0 aromatic heterocycles. The van der Waals surface area contributed by atoms with E-state index in [0.717, 1.165) is 32.5 Å². The molecule has 0 radical (unpaired) electrons. The van der Waals surface area contributed by atoms with Crippen LogP contribution in [0.1, 0.15) is 12.8 Å². The third-order valence-electron chi connectivity index (χ3n) is 3.56. The van der Waals surface area contributed by atoms with Crippen LogP contribution < -0.4 is 10.6 Å². The summed E-state index contributed by atoms with van der Waals surface area (Å²) >= 11 is 0. The van der Waals surface area contributed by atoms with Crippen molar-refractivity contribution < 1.29 is 4.74 Å². The third kappa shape index (κ3) is 1.93. The Bertz CT molecular complexity index is 346. The van der Waals surface area contributed by atoms with E-state index in [9.17, 15) is 0 Å². The van der Waals surface area contributed by atoms with E-state index in [-0.39, 0.29) is 5.60 Å². The molecule has 0 unspecified atom stereocenters. The largest absolute Gasteiger partial charge is 0.380 e. The molecule has 3 nitrogen and oxygen atoms in total. The zero-order chi connectivity index (χ0) is 10.8. The third-order valence-corrected chi connectivity index (χ3v) is 3.56. The van der Waals surface area contributed by atoms with Crippen molar-refractivity contribution >= 4 is 5.69 Å². The van der Waals surface area contributed by atoms with Gasteiger partial charge in [0.25, 0.3) is 0 Å². The number of benzene rings is 1. The molecule has 86 valence electrons. The average Bonchev–Trinajstić information content (AvgIpc) is 2.92. The van der Waals surface area contributed by atoms with E-state index in [1.807, 2.05) is 6.07 Å². The van der Waals surface area contributed by atoms with Crippen molar-refractivity contribution in [1.82, 2.24) is 5.32 Å². The second-order valence-corrected chi connectivity index (χ2v) is 4.83. The lowest BCUT2D eigenvalue weighted by Gasteiger charge is -2.20. The lowest BCUT2D eigenvalue weighted by atomic mass is 9.97. The van der Waals surface area contributed by atoms with Gasteiger partial charge in [0.2, 0.25) is 0 Å². The highest BCUT2D eigenvalue weighted by molar-refractivity contribution is 5.43. The Kier molecular flexibility index (Phi) is 2.58. The number of ether oxygens (including phenoxy) is 1. The number of anilines is 1. The maximum atomic E-state index is 5.96. The molecule has 2 aliphatic rings. The summed E-state index contributed by atoms with van der Waals surface area (Å²) in [5, 5.41) is 6.93.